The van der Waals surface area contributed by atoms with E-state index in [0.717, 1.165) is 12.8 Å². The van der Waals surface area contributed by atoms with Gasteiger partial charge in [-0.3, -0.25) is 4.79 Å². The van der Waals surface area contributed by atoms with Crippen LogP contribution in [0.3, 0.4) is 0 Å². The summed E-state index contributed by atoms with van der Waals surface area (Å²) in [6, 6.07) is 47.0. The standard InChI is InChI=1S/C20H26I.C10H14O.C10H14.C9H18O2.C8H11S.2CHF3O3S/c1-19(2,3)15-7-11-17(12-8-15)21-18-13-9-16(10-14-18)20(4,5)6;1-3-8(2)9-4-6-10(11)7-5-9;1-3-9(2)10-7-5-4-6-8-10;1-6-7(2)8(10)11-9(3,4)5;1-9(2)8-6-4-3-5-7-8;2*2-1(3,4)8(5,6)7/h7-14H,1-6H3;4-8,11H,3H2,1-2H3;4-9H,3H2,1-2H3;7H,6H2,1-5H3;3-7H,1-2H3;2*(H,5,6,7)/q+1;;;;+1;;/p-2. The number of carbonyl (C=O) groups excluding carboxylic acids is 1. The van der Waals surface area contributed by atoms with Crippen LogP contribution in [0.15, 0.2) is 138 Å². The summed E-state index contributed by atoms with van der Waals surface area (Å²) in [5.74, 6) is 1.57. The third-order valence-corrected chi connectivity index (χ3v) is 15.9. The van der Waals surface area contributed by atoms with E-state index in [-0.39, 0.29) is 49.5 Å². The first-order valence-electron chi connectivity index (χ1n) is 25.0. The number of benzene rings is 5. The average Bonchev–Trinajstić information content (AvgIpc) is 3.33. The zero-order valence-electron chi connectivity index (χ0n) is 48.1. The maximum Gasteiger partial charge on any atom is 0.485 e. The first-order chi connectivity index (χ1) is 35.4. The zero-order valence-corrected chi connectivity index (χ0v) is 52.7. The monoisotopic (exact) mass is 1270 g/mol. The number of hydrogen-bond acceptors (Lipinski definition) is 9. The summed E-state index contributed by atoms with van der Waals surface area (Å²) < 4.78 is 126. The van der Waals surface area contributed by atoms with E-state index < -0.39 is 31.3 Å². The van der Waals surface area contributed by atoms with Gasteiger partial charge in [-0.2, -0.15) is 26.3 Å². The van der Waals surface area contributed by atoms with Gasteiger partial charge in [0.15, 0.2) is 32.3 Å². The first kappa shape index (κ1) is 75.9. The summed E-state index contributed by atoms with van der Waals surface area (Å²) in [5.41, 5.74) is -5.58. The van der Waals surface area contributed by atoms with Gasteiger partial charge in [-0.15, -0.1) is 0 Å². The lowest BCUT2D eigenvalue weighted by atomic mass is 9.87. The molecule has 0 aliphatic heterocycles. The minimum atomic E-state index is -6.09. The van der Waals surface area contributed by atoms with Crippen molar-refractivity contribution in [3.8, 4) is 5.75 Å². The highest BCUT2D eigenvalue weighted by molar-refractivity contribution is 7.95. The minimum absolute atomic E-state index is 0.0224. The summed E-state index contributed by atoms with van der Waals surface area (Å²) in [6.45, 7) is 31.9. The van der Waals surface area contributed by atoms with Crippen LogP contribution in [0.2, 0.25) is 0 Å². The van der Waals surface area contributed by atoms with Gasteiger partial charge in [0.05, 0.1) is 5.92 Å². The number of phenols is 1. The molecule has 0 fully saturated rings. The number of carbonyl (C=O) groups is 1. The molecule has 19 heteroatoms. The minimum Gasteiger partial charge on any atom is -0.741 e. The van der Waals surface area contributed by atoms with E-state index in [9.17, 15) is 31.1 Å². The Balaban J connectivity index is 0. The van der Waals surface area contributed by atoms with Crippen molar-refractivity contribution in [2.45, 2.75) is 167 Å². The average molecular weight is 1270 g/mol. The second kappa shape index (κ2) is 34.9. The van der Waals surface area contributed by atoms with Gasteiger partial charge in [0.25, 0.3) is 0 Å². The molecule has 0 bridgehead atoms. The number of alkyl halides is 6. The fourth-order valence-corrected chi connectivity index (χ4v) is 8.33. The molecule has 1 N–H and O–H groups in total. The molecule has 0 heterocycles. The van der Waals surface area contributed by atoms with Crippen LogP contribution in [-0.2, 0) is 51.5 Å². The molecule has 0 aliphatic rings. The van der Waals surface area contributed by atoms with E-state index in [1.54, 1.807) is 12.1 Å². The van der Waals surface area contributed by atoms with Crippen LogP contribution in [0.4, 0.5) is 26.3 Å². The lowest BCUT2D eigenvalue weighted by Crippen LogP contribution is -3.61. The van der Waals surface area contributed by atoms with Gasteiger partial charge < -0.3 is 18.9 Å². The maximum atomic E-state index is 11.2. The largest absolute Gasteiger partial charge is 0.741 e. The molecule has 0 aliphatic carbocycles. The summed E-state index contributed by atoms with van der Waals surface area (Å²) in [7, 11) is -11.8. The molecular formula is C59H83F6IO9S3. The van der Waals surface area contributed by atoms with Crippen LogP contribution in [0.25, 0.3) is 0 Å². The third kappa shape index (κ3) is 34.1. The lowest BCUT2D eigenvalue weighted by Gasteiger charge is -2.21. The maximum absolute atomic E-state index is 11.2. The number of phenolic OH excluding ortho intramolecular Hbond substituents is 1. The van der Waals surface area contributed by atoms with Crippen molar-refractivity contribution in [1.82, 2.24) is 0 Å². The molecule has 0 spiro atoms. The zero-order chi connectivity index (χ0) is 61.1. The fourth-order valence-electron chi connectivity index (χ4n) is 5.47. The Kier molecular flexibility index (Phi) is 33.9. The summed E-state index contributed by atoms with van der Waals surface area (Å²) in [6.07, 6.45) is 7.67. The number of hydrogen-bond donors (Lipinski definition) is 1. The van der Waals surface area contributed by atoms with Crippen LogP contribution in [0.5, 0.6) is 5.75 Å². The van der Waals surface area contributed by atoms with Crippen LogP contribution in [-0.4, -0.2) is 66.1 Å². The van der Waals surface area contributed by atoms with Gasteiger partial charge in [-0.1, -0.05) is 168 Å². The van der Waals surface area contributed by atoms with Gasteiger partial charge in [0.1, 0.15) is 23.9 Å². The van der Waals surface area contributed by atoms with Crippen molar-refractivity contribution in [2.75, 3.05) is 12.5 Å². The Hall–Kier alpha value is -4.15. The molecule has 0 radical (unpaired) electrons. The Morgan fingerprint density at radius 3 is 1.09 bits per heavy atom. The fraction of sp³-hybridized carbons (Fsp3) is 0.475. The number of halogens is 7. The molecule has 5 aromatic carbocycles. The molecule has 0 amide bonds. The van der Waals surface area contributed by atoms with Gasteiger partial charge in [0.2, 0.25) is 0 Å². The summed E-state index contributed by atoms with van der Waals surface area (Å²) in [5, 5.41) is 9.01. The topological polar surface area (TPSA) is 161 Å². The molecule has 0 saturated carbocycles. The molecule has 5 rings (SSSR count). The predicted molar refractivity (Wildman–Crippen MR) is 300 cm³/mol. The normalized spacial score (nSPS) is 12.9. The second-order valence-electron chi connectivity index (χ2n) is 21.0. The molecule has 9 nitrogen and oxygen atoms in total. The van der Waals surface area contributed by atoms with Crippen molar-refractivity contribution in [2.24, 2.45) is 5.92 Å². The van der Waals surface area contributed by atoms with E-state index in [2.05, 4.69) is 191 Å². The lowest BCUT2D eigenvalue weighted by molar-refractivity contribution is -0.597. The first-order valence-corrected chi connectivity index (χ1v) is 32.0. The van der Waals surface area contributed by atoms with Crippen LogP contribution < -0.4 is 21.2 Å². The van der Waals surface area contributed by atoms with Gasteiger partial charge in [-0.05, 0) is 133 Å². The van der Waals surface area contributed by atoms with Crippen molar-refractivity contribution in [3.63, 3.8) is 0 Å². The Labute approximate surface area is 476 Å². The van der Waals surface area contributed by atoms with E-state index in [1.165, 1.54) is 40.7 Å². The van der Waals surface area contributed by atoms with Crippen molar-refractivity contribution in [3.05, 3.63) is 163 Å². The van der Waals surface area contributed by atoms with Crippen LogP contribution >= 0.6 is 0 Å². The van der Waals surface area contributed by atoms with E-state index in [1.807, 2.05) is 46.8 Å². The smallest absolute Gasteiger partial charge is 0.485 e. The van der Waals surface area contributed by atoms with Crippen molar-refractivity contribution in [1.29, 1.82) is 0 Å². The predicted octanol–water partition coefficient (Wildman–Crippen LogP) is 12.9. The molecular weight excluding hydrogens is 1190 g/mol. The summed E-state index contributed by atoms with van der Waals surface area (Å²) in [4.78, 5) is 12.6. The van der Waals surface area contributed by atoms with Crippen LogP contribution in [0.1, 0.15) is 157 Å². The Morgan fingerprint density at radius 1 is 0.538 bits per heavy atom. The SMILES string of the molecule is CC(C)(C)c1ccc([I+]c2ccc(C(C)(C)C)cc2)cc1.CCC(C)C(=O)OC(C)(C)C.CCC(C)c1ccc(O)cc1.CCC(C)c1ccccc1.C[S+](C)c1ccccc1.O=S(=O)([O-])C(F)(F)F.O=S(=O)([O-])C(F)(F)F. The summed E-state index contributed by atoms with van der Waals surface area (Å²) >= 11 is -0.0703. The van der Waals surface area contributed by atoms with E-state index in [0.29, 0.717) is 28.5 Å². The Morgan fingerprint density at radius 2 is 0.846 bits per heavy atom. The quantitative estimate of drug-likeness (QED) is 0.0378. The second-order valence-corrected chi connectivity index (χ2v) is 28.9. The van der Waals surface area contributed by atoms with Gasteiger partial charge in [0, 0.05) is 10.9 Å². The molecule has 3 unspecified atom stereocenters. The molecule has 0 aromatic heterocycles. The number of rotatable bonds is 9. The third-order valence-electron chi connectivity index (χ3n) is 10.9. The van der Waals surface area contributed by atoms with Crippen molar-refractivity contribution >= 4 is 37.1 Å². The van der Waals surface area contributed by atoms with Gasteiger partial charge >= 0.3 is 38.2 Å². The number of ether oxygens (including phenoxy) is 1. The van der Waals surface area contributed by atoms with E-state index in [4.69, 9.17) is 35.8 Å². The highest BCUT2D eigenvalue weighted by atomic mass is 127. The van der Waals surface area contributed by atoms with Gasteiger partial charge in [-0.25, -0.2) is 16.8 Å². The highest BCUT2D eigenvalue weighted by Gasteiger charge is 2.37. The Bertz CT molecular complexity index is 2530. The van der Waals surface area contributed by atoms with Crippen LogP contribution in [0, 0.1) is 13.1 Å². The molecule has 0 saturated heterocycles. The highest BCUT2D eigenvalue weighted by Crippen LogP contribution is 2.24. The molecule has 3 atom stereocenters. The van der Waals surface area contributed by atoms with Crippen molar-refractivity contribution < 1.29 is 88.1 Å². The number of aromatic hydroxyl groups is 1. The van der Waals surface area contributed by atoms with E-state index >= 15 is 0 Å². The molecule has 440 valence electrons. The number of esters is 1. The molecule has 78 heavy (non-hydrogen) atoms. The molecule has 5 aromatic rings.